The van der Waals surface area contributed by atoms with Crippen molar-refractivity contribution >= 4 is 16.7 Å². The fraction of sp³-hybridized carbons (Fsp3) is 0. The average Bonchev–Trinajstić information content (AvgIpc) is 2.47. The zero-order valence-corrected chi connectivity index (χ0v) is 9.58. The van der Waals surface area contributed by atoms with Crippen LogP contribution in [0.2, 0.25) is 0 Å². The minimum Gasteiger partial charge on any atom is -0.287 e. The lowest BCUT2D eigenvalue weighted by molar-refractivity contribution is 0.103. The van der Waals surface area contributed by atoms with Gasteiger partial charge in [0.25, 0.3) is 0 Å². The predicted molar refractivity (Wildman–Crippen MR) is 69.4 cm³/mol. The number of benzene rings is 1. The van der Waals surface area contributed by atoms with Gasteiger partial charge in [0.15, 0.2) is 0 Å². The summed E-state index contributed by atoms with van der Waals surface area (Å²) in [6.07, 6.45) is 3.34. The molecule has 0 N–H and O–H groups in total. The molecule has 0 saturated heterocycles. The van der Waals surface area contributed by atoms with Crippen LogP contribution in [0, 0.1) is 0 Å². The largest absolute Gasteiger partial charge is 0.287 e. The molecule has 3 heteroatoms. The highest BCUT2D eigenvalue weighted by Crippen LogP contribution is 2.18. The van der Waals surface area contributed by atoms with Crippen molar-refractivity contribution in [1.29, 1.82) is 0 Å². The van der Waals surface area contributed by atoms with Gasteiger partial charge in [-0.05, 0) is 24.3 Å². The van der Waals surface area contributed by atoms with E-state index in [0.717, 1.165) is 10.9 Å². The lowest BCUT2D eigenvalue weighted by Crippen LogP contribution is -2.04. The number of hydrogen-bond donors (Lipinski definition) is 0. The number of pyridine rings is 2. The molecule has 18 heavy (non-hydrogen) atoms. The van der Waals surface area contributed by atoms with Gasteiger partial charge in [0.1, 0.15) is 5.69 Å². The van der Waals surface area contributed by atoms with Crippen LogP contribution in [-0.4, -0.2) is 15.8 Å². The predicted octanol–water partition coefficient (Wildman–Crippen LogP) is 2.86. The standard InChI is InChI=1S/C15H10N2O/c18-15(14-7-1-2-9-17-14)12-5-3-8-13-11(12)6-4-10-16-13/h1-10H. The van der Waals surface area contributed by atoms with Crippen molar-refractivity contribution in [3.8, 4) is 0 Å². The van der Waals surface area contributed by atoms with Gasteiger partial charge in [-0.15, -0.1) is 0 Å². The lowest BCUT2D eigenvalue weighted by atomic mass is 10.0. The molecule has 0 aliphatic rings. The van der Waals surface area contributed by atoms with Gasteiger partial charge >= 0.3 is 0 Å². The Labute approximate surface area is 104 Å². The Bertz CT molecular complexity index is 703. The highest BCUT2D eigenvalue weighted by molar-refractivity contribution is 6.14. The van der Waals surface area contributed by atoms with Crippen LogP contribution in [0.4, 0.5) is 0 Å². The van der Waals surface area contributed by atoms with Gasteiger partial charge in [0.05, 0.1) is 5.52 Å². The van der Waals surface area contributed by atoms with Gasteiger partial charge in [0, 0.05) is 23.3 Å². The number of fused-ring (bicyclic) bond motifs is 1. The molecule has 0 unspecified atom stereocenters. The van der Waals surface area contributed by atoms with E-state index in [-0.39, 0.29) is 5.78 Å². The number of rotatable bonds is 2. The number of aromatic nitrogens is 2. The number of ketones is 1. The van der Waals surface area contributed by atoms with E-state index in [4.69, 9.17) is 0 Å². The van der Waals surface area contributed by atoms with Gasteiger partial charge < -0.3 is 0 Å². The molecule has 86 valence electrons. The van der Waals surface area contributed by atoms with E-state index in [1.807, 2.05) is 30.3 Å². The maximum Gasteiger partial charge on any atom is 0.212 e. The Morgan fingerprint density at radius 2 is 1.72 bits per heavy atom. The maximum atomic E-state index is 12.4. The third-order valence-electron chi connectivity index (χ3n) is 2.79. The van der Waals surface area contributed by atoms with Crippen LogP contribution >= 0.6 is 0 Å². The summed E-state index contributed by atoms with van der Waals surface area (Å²) in [5.41, 5.74) is 1.91. The second-order valence-corrected chi connectivity index (χ2v) is 3.92. The van der Waals surface area contributed by atoms with Gasteiger partial charge in [-0.3, -0.25) is 14.8 Å². The van der Waals surface area contributed by atoms with Crippen molar-refractivity contribution in [1.82, 2.24) is 9.97 Å². The van der Waals surface area contributed by atoms with E-state index in [0.29, 0.717) is 11.3 Å². The van der Waals surface area contributed by atoms with E-state index >= 15 is 0 Å². The molecule has 2 heterocycles. The highest BCUT2D eigenvalue weighted by atomic mass is 16.1. The zero-order valence-electron chi connectivity index (χ0n) is 9.58. The Morgan fingerprint density at radius 1 is 0.833 bits per heavy atom. The molecule has 2 aromatic heterocycles. The first-order chi connectivity index (χ1) is 8.86. The van der Waals surface area contributed by atoms with Crippen molar-refractivity contribution in [2.75, 3.05) is 0 Å². The normalized spacial score (nSPS) is 10.4. The summed E-state index contributed by atoms with van der Waals surface area (Å²) in [6, 6.07) is 14.6. The molecule has 0 aliphatic carbocycles. The SMILES string of the molecule is O=C(c1ccccn1)c1cccc2ncccc12. The van der Waals surface area contributed by atoms with Crippen LogP contribution in [0.5, 0.6) is 0 Å². The van der Waals surface area contributed by atoms with Crippen molar-refractivity contribution in [3.05, 3.63) is 72.2 Å². The molecule has 0 atom stereocenters. The summed E-state index contributed by atoms with van der Waals surface area (Å²) in [4.78, 5) is 20.7. The third kappa shape index (κ3) is 1.76. The summed E-state index contributed by atoms with van der Waals surface area (Å²) in [7, 11) is 0. The molecule has 3 aromatic rings. The van der Waals surface area contributed by atoms with Crippen LogP contribution in [0.3, 0.4) is 0 Å². The topological polar surface area (TPSA) is 42.9 Å². The first-order valence-corrected chi connectivity index (χ1v) is 5.66. The van der Waals surface area contributed by atoms with E-state index < -0.39 is 0 Å². The van der Waals surface area contributed by atoms with E-state index in [1.165, 1.54) is 0 Å². The molecule has 3 nitrogen and oxygen atoms in total. The van der Waals surface area contributed by atoms with Crippen molar-refractivity contribution in [2.45, 2.75) is 0 Å². The Hall–Kier alpha value is -2.55. The van der Waals surface area contributed by atoms with Crippen LogP contribution in [0.25, 0.3) is 10.9 Å². The number of carbonyl (C=O) groups excluding carboxylic acids is 1. The zero-order chi connectivity index (χ0) is 12.4. The van der Waals surface area contributed by atoms with Gasteiger partial charge in [-0.25, -0.2) is 0 Å². The molecule has 0 bridgehead atoms. The highest BCUT2D eigenvalue weighted by Gasteiger charge is 2.12. The molecule has 0 amide bonds. The lowest BCUT2D eigenvalue weighted by Gasteiger charge is -2.04. The average molecular weight is 234 g/mol. The van der Waals surface area contributed by atoms with Crippen LogP contribution < -0.4 is 0 Å². The summed E-state index contributed by atoms with van der Waals surface area (Å²) < 4.78 is 0. The molecule has 3 rings (SSSR count). The number of hydrogen-bond acceptors (Lipinski definition) is 3. The first kappa shape index (κ1) is 10.6. The Balaban J connectivity index is 2.18. The van der Waals surface area contributed by atoms with Crippen LogP contribution in [-0.2, 0) is 0 Å². The first-order valence-electron chi connectivity index (χ1n) is 5.66. The van der Waals surface area contributed by atoms with Crippen molar-refractivity contribution < 1.29 is 4.79 Å². The maximum absolute atomic E-state index is 12.4. The van der Waals surface area contributed by atoms with E-state index in [2.05, 4.69) is 9.97 Å². The molecular weight excluding hydrogens is 224 g/mol. The Morgan fingerprint density at radius 3 is 2.56 bits per heavy atom. The monoisotopic (exact) mass is 234 g/mol. The molecule has 0 fully saturated rings. The molecular formula is C15H10N2O. The summed E-state index contributed by atoms with van der Waals surface area (Å²) in [5, 5.41) is 0.857. The second-order valence-electron chi connectivity index (χ2n) is 3.92. The van der Waals surface area contributed by atoms with Crippen LogP contribution in [0.1, 0.15) is 16.1 Å². The molecule has 0 radical (unpaired) electrons. The number of carbonyl (C=O) groups is 1. The van der Waals surface area contributed by atoms with Crippen molar-refractivity contribution in [2.24, 2.45) is 0 Å². The molecule has 0 aliphatic heterocycles. The van der Waals surface area contributed by atoms with Crippen LogP contribution in [0.15, 0.2) is 60.9 Å². The van der Waals surface area contributed by atoms with E-state index in [9.17, 15) is 4.79 Å². The molecule has 1 aromatic carbocycles. The number of nitrogens with zero attached hydrogens (tertiary/aromatic N) is 2. The molecule has 0 spiro atoms. The smallest absolute Gasteiger partial charge is 0.212 e. The fourth-order valence-corrected chi connectivity index (χ4v) is 1.94. The van der Waals surface area contributed by atoms with Gasteiger partial charge in [-0.1, -0.05) is 24.3 Å². The van der Waals surface area contributed by atoms with Gasteiger partial charge in [-0.2, -0.15) is 0 Å². The summed E-state index contributed by atoms with van der Waals surface area (Å²) in [6.45, 7) is 0. The second kappa shape index (κ2) is 4.37. The quantitative estimate of drug-likeness (QED) is 0.640. The minimum absolute atomic E-state index is 0.0748. The third-order valence-corrected chi connectivity index (χ3v) is 2.79. The van der Waals surface area contributed by atoms with E-state index in [1.54, 1.807) is 30.6 Å². The summed E-state index contributed by atoms with van der Waals surface area (Å²) in [5.74, 6) is -0.0748. The fourth-order valence-electron chi connectivity index (χ4n) is 1.94. The minimum atomic E-state index is -0.0748. The molecule has 0 saturated carbocycles. The van der Waals surface area contributed by atoms with Crippen molar-refractivity contribution in [3.63, 3.8) is 0 Å². The van der Waals surface area contributed by atoms with Gasteiger partial charge in [0.2, 0.25) is 5.78 Å². The Kier molecular flexibility index (Phi) is 2.57. The summed E-state index contributed by atoms with van der Waals surface area (Å²) >= 11 is 0.